The van der Waals surface area contributed by atoms with E-state index in [1.807, 2.05) is 22.9 Å². The minimum Gasteiger partial charge on any atom is -0.478 e. The Labute approximate surface area is 122 Å². The van der Waals surface area contributed by atoms with Crippen LogP contribution < -0.4 is 0 Å². The summed E-state index contributed by atoms with van der Waals surface area (Å²) in [5, 5.41) is 9.29. The fraction of sp³-hybridized carbons (Fsp3) is 0.200. The molecule has 0 spiro atoms. The molecule has 0 atom stereocenters. The molecule has 0 radical (unpaired) electrons. The number of benzene rings is 1. The Morgan fingerprint density at radius 1 is 1.50 bits per heavy atom. The summed E-state index contributed by atoms with van der Waals surface area (Å²) in [7, 11) is 0. The van der Waals surface area contributed by atoms with Crippen LogP contribution in [-0.2, 0) is 11.2 Å². The van der Waals surface area contributed by atoms with Crippen molar-refractivity contribution in [1.29, 1.82) is 0 Å². The molecule has 0 saturated heterocycles. The molecular formula is C15H15ClN2O2. The van der Waals surface area contributed by atoms with E-state index in [1.54, 1.807) is 12.3 Å². The van der Waals surface area contributed by atoms with Crippen LogP contribution in [0.25, 0.3) is 11.8 Å². The average molecular weight is 291 g/mol. The van der Waals surface area contributed by atoms with Crippen LogP contribution >= 0.6 is 11.6 Å². The monoisotopic (exact) mass is 290 g/mol. The van der Waals surface area contributed by atoms with Gasteiger partial charge in [-0.2, -0.15) is 0 Å². The van der Waals surface area contributed by atoms with Crippen LogP contribution in [-0.4, -0.2) is 20.6 Å². The Balaban J connectivity index is 2.53. The van der Waals surface area contributed by atoms with Gasteiger partial charge in [-0.05, 0) is 24.6 Å². The van der Waals surface area contributed by atoms with Crippen LogP contribution in [0.4, 0.5) is 0 Å². The summed E-state index contributed by atoms with van der Waals surface area (Å²) >= 11 is 6.18. The Kier molecular flexibility index (Phi) is 4.58. The highest BCUT2D eigenvalue weighted by atomic mass is 35.5. The van der Waals surface area contributed by atoms with Crippen LogP contribution in [0.1, 0.15) is 24.7 Å². The van der Waals surface area contributed by atoms with Gasteiger partial charge in [0.2, 0.25) is 0 Å². The first kappa shape index (κ1) is 14.3. The van der Waals surface area contributed by atoms with E-state index in [9.17, 15) is 4.79 Å². The number of nitrogens with zero attached hydrogens (tertiary/aromatic N) is 2. The number of hydrogen-bond acceptors (Lipinski definition) is 2. The summed E-state index contributed by atoms with van der Waals surface area (Å²) in [4.78, 5) is 15.0. The van der Waals surface area contributed by atoms with Gasteiger partial charge in [-0.25, -0.2) is 9.78 Å². The minimum absolute atomic E-state index is 0.510. The fourth-order valence-electron chi connectivity index (χ4n) is 2.02. The van der Waals surface area contributed by atoms with E-state index in [0.29, 0.717) is 10.6 Å². The van der Waals surface area contributed by atoms with Gasteiger partial charge in [0.1, 0.15) is 5.82 Å². The molecule has 0 aliphatic carbocycles. The van der Waals surface area contributed by atoms with E-state index in [2.05, 4.69) is 11.9 Å². The molecule has 2 rings (SSSR count). The van der Waals surface area contributed by atoms with E-state index in [1.165, 1.54) is 6.08 Å². The molecule has 0 fully saturated rings. The van der Waals surface area contributed by atoms with Gasteiger partial charge in [-0.15, -0.1) is 0 Å². The average Bonchev–Trinajstić information content (AvgIpc) is 2.85. The lowest BCUT2D eigenvalue weighted by atomic mass is 10.1. The zero-order valence-electron chi connectivity index (χ0n) is 11.1. The third kappa shape index (κ3) is 3.08. The van der Waals surface area contributed by atoms with Gasteiger partial charge in [0.15, 0.2) is 0 Å². The van der Waals surface area contributed by atoms with Crippen molar-refractivity contribution in [2.45, 2.75) is 19.8 Å². The molecule has 1 aromatic carbocycles. The van der Waals surface area contributed by atoms with Crippen molar-refractivity contribution in [3.05, 3.63) is 53.1 Å². The predicted molar refractivity (Wildman–Crippen MR) is 79.2 cm³/mol. The highest BCUT2D eigenvalue weighted by Gasteiger charge is 2.10. The zero-order chi connectivity index (χ0) is 14.5. The maximum atomic E-state index is 10.7. The first-order chi connectivity index (χ1) is 9.63. The number of aryl methyl sites for hydroxylation is 1. The summed E-state index contributed by atoms with van der Waals surface area (Å²) in [5.74, 6) is -0.0741. The topological polar surface area (TPSA) is 55.1 Å². The van der Waals surface area contributed by atoms with Crippen molar-refractivity contribution in [2.75, 3.05) is 0 Å². The van der Waals surface area contributed by atoms with Crippen LogP contribution in [0.15, 0.2) is 36.7 Å². The van der Waals surface area contributed by atoms with Gasteiger partial charge in [0.25, 0.3) is 0 Å². The van der Waals surface area contributed by atoms with Gasteiger partial charge in [-0.1, -0.05) is 24.6 Å². The Bertz CT molecular complexity index is 647. The van der Waals surface area contributed by atoms with Gasteiger partial charge < -0.3 is 9.67 Å². The summed E-state index contributed by atoms with van der Waals surface area (Å²) in [6.07, 6.45) is 8.02. The molecule has 104 valence electrons. The van der Waals surface area contributed by atoms with Gasteiger partial charge in [0.05, 0.1) is 5.69 Å². The third-order valence-electron chi connectivity index (χ3n) is 2.87. The molecule has 5 heteroatoms. The Morgan fingerprint density at radius 2 is 2.30 bits per heavy atom. The highest BCUT2D eigenvalue weighted by molar-refractivity contribution is 6.32. The largest absolute Gasteiger partial charge is 0.478 e. The number of aromatic nitrogens is 2. The lowest BCUT2D eigenvalue weighted by Gasteiger charge is -2.12. The van der Waals surface area contributed by atoms with E-state index in [0.717, 1.165) is 30.4 Å². The van der Waals surface area contributed by atoms with Crippen molar-refractivity contribution < 1.29 is 9.90 Å². The fourth-order valence-corrected chi connectivity index (χ4v) is 2.25. The molecule has 1 aromatic heterocycles. The van der Waals surface area contributed by atoms with Crippen molar-refractivity contribution in [3.8, 4) is 5.69 Å². The first-order valence-electron chi connectivity index (χ1n) is 6.35. The summed E-state index contributed by atoms with van der Waals surface area (Å²) in [6, 6.07) is 5.47. The van der Waals surface area contributed by atoms with Crippen molar-refractivity contribution in [3.63, 3.8) is 0 Å². The van der Waals surface area contributed by atoms with Crippen LogP contribution in [0, 0.1) is 0 Å². The van der Waals surface area contributed by atoms with Crippen LogP contribution in [0.2, 0.25) is 5.02 Å². The molecule has 4 nitrogen and oxygen atoms in total. The smallest absolute Gasteiger partial charge is 0.328 e. The first-order valence-corrected chi connectivity index (χ1v) is 6.73. The standard InChI is InChI=1S/C15H15ClN2O2/c1-2-4-14-17-9-10-18(14)13-6-3-5-12(16)11(13)7-8-15(19)20/h3,5-10H,2,4H2,1H3,(H,19,20). The predicted octanol–water partition coefficient (Wildman–Crippen LogP) is 3.58. The van der Waals surface area contributed by atoms with E-state index < -0.39 is 5.97 Å². The number of carbonyl (C=O) groups is 1. The summed E-state index contributed by atoms with van der Waals surface area (Å²) < 4.78 is 1.94. The van der Waals surface area contributed by atoms with Crippen LogP contribution in [0.3, 0.4) is 0 Å². The number of carboxylic acid groups (broad SMARTS) is 1. The SMILES string of the molecule is CCCc1nccn1-c1cccc(Cl)c1C=CC(=O)O. The van der Waals surface area contributed by atoms with Crippen molar-refractivity contribution >= 4 is 23.6 Å². The van der Waals surface area contributed by atoms with E-state index in [-0.39, 0.29) is 0 Å². The zero-order valence-corrected chi connectivity index (χ0v) is 11.8. The van der Waals surface area contributed by atoms with Crippen molar-refractivity contribution in [1.82, 2.24) is 9.55 Å². The van der Waals surface area contributed by atoms with Gasteiger partial charge >= 0.3 is 5.97 Å². The lowest BCUT2D eigenvalue weighted by Crippen LogP contribution is -2.02. The number of rotatable bonds is 5. The maximum absolute atomic E-state index is 10.7. The van der Waals surface area contributed by atoms with Gasteiger partial charge in [-0.3, -0.25) is 0 Å². The molecule has 0 amide bonds. The molecule has 0 aliphatic rings. The second kappa shape index (κ2) is 6.39. The molecule has 0 unspecified atom stereocenters. The lowest BCUT2D eigenvalue weighted by molar-refractivity contribution is -0.131. The normalized spacial score (nSPS) is 11.1. The Morgan fingerprint density at radius 3 is 3.00 bits per heavy atom. The number of carboxylic acids is 1. The number of halogens is 1. The quantitative estimate of drug-likeness (QED) is 0.856. The Hall–Kier alpha value is -2.07. The van der Waals surface area contributed by atoms with E-state index in [4.69, 9.17) is 16.7 Å². The maximum Gasteiger partial charge on any atom is 0.328 e. The van der Waals surface area contributed by atoms with E-state index >= 15 is 0 Å². The molecule has 0 saturated carbocycles. The molecule has 2 aromatic rings. The molecule has 0 aliphatic heterocycles. The molecule has 1 heterocycles. The van der Waals surface area contributed by atoms with Crippen LogP contribution in [0.5, 0.6) is 0 Å². The molecule has 20 heavy (non-hydrogen) atoms. The highest BCUT2D eigenvalue weighted by Crippen LogP contribution is 2.26. The van der Waals surface area contributed by atoms with Gasteiger partial charge in [0, 0.05) is 35.5 Å². The second-order valence-corrected chi connectivity index (χ2v) is 4.71. The number of aliphatic carboxylic acids is 1. The third-order valence-corrected chi connectivity index (χ3v) is 3.20. The molecular weight excluding hydrogens is 276 g/mol. The molecule has 1 N–H and O–H groups in total. The second-order valence-electron chi connectivity index (χ2n) is 4.31. The molecule has 0 bridgehead atoms. The summed E-state index contributed by atoms with van der Waals surface area (Å²) in [6.45, 7) is 2.09. The number of imidazole rings is 1. The van der Waals surface area contributed by atoms with Crippen molar-refractivity contribution in [2.24, 2.45) is 0 Å². The number of hydrogen-bond donors (Lipinski definition) is 1. The summed E-state index contributed by atoms with van der Waals surface area (Å²) in [5.41, 5.74) is 1.50. The minimum atomic E-state index is -1.00.